The molecule has 3 aromatic heterocycles. The summed E-state index contributed by atoms with van der Waals surface area (Å²) in [4.78, 5) is 23.1. The van der Waals surface area contributed by atoms with Crippen LogP contribution in [0.25, 0.3) is 11.7 Å². The lowest BCUT2D eigenvalue weighted by Gasteiger charge is -2.30. The summed E-state index contributed by atoms with van der Waals surface area (Å²) in [7, 11) is 0. The zero-order valence-electron chi connectivity index (χ0n) is 17.7. The van der Waals surface area contributed by atoms with Crippen molar-refractivity contribution in [3.8, 4) is 17.7 Å². The van der Waals surface area contributed by atoms with Crippen molar-refractivity contribution in [1.82, 2.24) is 20.4 Å². The molecule has 162 valence electrons. The van der Waals surface area contributed by atoms with Crippen LogP contribution in [0.4, 0.5) is 5.88 Å². The third-order valence-electron chi connectivity index (χ3n) is 5.13. The Labute approximate surface area is 179 Å². The number of oxazole rings is 1. The molecule has 31 heavy (non-hydrogen) atoms. The van der Waals surface area contributed by atoms with Crippen LogP contribution in [-0.2, 0) is 16.8 Å². The van der Waals surface area contributed by atoms with Crippen LogP contribution >= 0.6 is 0 Å². The highest BCUT2D eigenvalue weighted by molar-refractivity contribution is 5.78. The van der Waals surface area contributed by atoms with E-state index < -0.39 is 0 Å². The first-order chi connectivity index (χ1) is 14.8. The average Bonchev–Trinajstić information content (AvgIpc) is 3.51. The van der Waals surface area contributed by atoms with Crippen molar-refractivity contribution in [2.24, 2.45) is 5.92 Å². The van der Waals surface area contributed by atoms with Gasteiger partial charge in [0.15, 0.2) is 11.6 Å². The van der Waals surface area contributed by atoms with Gasteiger partial charge in [0.05, 0.1) is 12.8 Å². The van der Waals surface area contributed by atoms with Crippen LogP contribution in [0.5, 0.6) is 0 Å². The smallest absolute Gasteiger partial charge is 0.266 e. The predicted molar refractivity (Wildman–Crippen MR) is 109 cm³/mol. The van der Waals surface area contributed by atoms with E-state index in [1.807, 2.05) is 25.7 Å². The van der Waals surface area contributed by atoms with E-state index >= 15 is 0 Å². The summed E-state index contributed by atoms with van der Waals surface area (Å²) in [6, 6.07) is 5.52. The zero-order valence-corrected chi connectivity index (χ0v) is 17.7. The molecule has 0 bridgehead atoms. The Kier molecular flexibility index (Phi) is 5.50. The molecule has 0 aliphatic carbocycles. The number of nitrogens with one attached hydrogen (secondary N) is 1. The van der Waals surface area contributed by atoms with Gasteiger partial charge in [-0.1, -0.05) is 25.9 Å². The second kappa shape index (κ2) is 8.26. The van der Waals surface area contributed by atoms with Gasteiger partial charge in [-0.3, -0.25) is 4.79 Å². The maximum Gasteiger partial charge on any atom is 0.266 e. The highest BCUT2D eigenvalue weighted by atomic mass is 16.5. The molecule has 1 saturated heterocycles. The summed E-state index contributed by atoms with van der Waals surface area (Å²) < 4.78 is 16.3. The second-order valence-electron chi connectivity index (χ2n) is 8.51. The Morgan fingerprint density at radius 2 is 2.10 bits per heavy atom. The van der Waals surface area contributed by atoms with Crippen molar-refractivity contribution in [3.63, 3.8) is 0 Å². The normalized spacial score (nSPS) is 15.1. The molecule has 4 heterocycles. The van der Waals surface area contributed by atoms with Gasteiger partial charge >= 0.3 is 0 Å². The highest BCUT2D eigenvalue weighted by Gasteiger charge is 2.29. The van der Waals surface area contributed by atoms with Gasteiger partial charge in [0, 0.05) is 24.4 Å². The number of anilines is 1. The molecule has 0 saturated carbocycles. The number of furan rings is 1. The minimum Gasteiger partial charge on any atom is -0.459 e. The highest BCUT2D eigenvalue weighted by Crippen LogP contribution is 2.31. The Balaban J connectivity index is 1.33. The molecule has 1 N–H and O–H groups in total. The number of rotatable bonds is 5. The first-order valence-corrected chi connectivity index (χ1v) is 10.2. The lowest BCUT2D eigenvalue weighted by molar-refractivity contribution is -0.125. The Bertz CT molecular complexity index is 1080. The fourth-order valence-corrected chi connectivity index (χ4v) is 3.39. The van der Waals surface area contributed by atoms with E-state index in [1.165, 1.54) is 6.26 Å². The SMILES string of the molecule is CC(C)(C)c1nc(CNC(=O)C2CCN(c3oc(-c4ccco4)nc3C#N)CC2)no1. The van der Waals surface area contributed by atoms with Gasteiger partial charge in [-0.15, -0.1) is 0 Å². The Hall–Kier alpha value is -3.61. The summed E-state index contributed by atoms with van der Waals surface area (Å²) in [6.07, 6.45) is 2.79. The lowest BCUT2D eigenvalue weighted by Crippen LogP contribution is -2.40. The fourth-order valence-electron chi connectivity index (χ4n) is 3.39. The van der Waals surface area contributed by atoms with Crippen LogP contribution < -0.4 is 10.2 Å². The van der Waals surface area contributed by atoms with Crippen molar-refractivity contribution in [2.45, 2.75) is 45.6 Å². The van der Waals surface area contributed by atoms with E-state index in [4.69, 9.17) is 13.4 Å². The molecular formula is C21H24N6O4. The van der Waals surface area contributed by atoms with Crippen LogP contribution in [0.15, 0.2) is 31.8 Å². The van der Waals surface area contributed by atoms with Crippen molar-refractivity contribution < 1.29 is 18.2 Å². The third-order valence-corrected chi connectivity index (χ3v) is 5.13. The van der Waals surface area contributed by atoms with Gasteiger partial charge in [-0.05, 0) is 25.0 Å². The van der Waals surface area contributed by atoms with Gasteiger partial charge < -0.3 is 23.6 Å². The van der Waals surface area contributed by atoms with E-state index in [9.17, 15) is 10.1 Å². The van der Waals surface area contributed by atoms with Gasteiger partial charge in [-0.2, -0.15) is 15.2 Å². The number of carbonyl (C=O) groups excluding carboxylic acids is 1. The summed E-state index contributed by atoms with van der Waals surface area (Å²) in [6.45, 7) is 7.35. The van der Waals surface area contributed by atoms with Gasteiger partial charge in [-0.25, -0.2) is 0 Å². The molecule has 1 fully saturated rings. The topological polar surface area (TPSA) is 134 Å². The number of nitrogens with zero attached hydrogens (tertiary/aromatic N) is 5. The number of hydrogen-bond donors (Lipinski definition) is 1. The van der Waals surface area contributed by atoms with Crippen molar-refractivity contribution in [3.05, 3.63) is 35.8 Å². The first-order valence-electron chi connectivity index (χ1n) is 10.2. The molecule has 0 aromatic carbocycles. The number of aromatic nitrogens is 3. The van der Waals surface area contributed by atoms with E-state index in [2.05, 4.69) is 26.5 Å². The first kappa shape index (κ1) is 20.7. The molecule has 0 unspecified atom stereocenters. The molecule has 1 aliphatic heterocycles. The van der Waals surface area contributed by atoms with Gasteiger partial charge in [0.1, 0.15) is 6.07 Å². The van der Waals surface area contributed by atoms with Crippen LogP contribution in [0, 0.1) is 17.2 Å². The molecule has 0 atom stereocenters. The van der Waals surface area contributed by atoms with E-state index in [1.54, 1.807) is 12.1 Å². The molecule has 4 rings (SSSR count). The second-order valence-corrected chi connectivity index (χ2v) is 8.51. The number of amides is 1. The minimum absolute atomic E-state index is 0.0453. The maximum absolute atomic E-state index is 12.6. The third kappa shape index (κ3) is 4.45. The van der Waals surface area contributed by atoms with Crippen molar-refractivity contribution in [1.29, 1.82) is 5.26 Å². The molecular weight excluding hydrogens is 400 g/mol. The molecule has 0 radical (unpaired) electrons. The fraction of sp³-hybridized carbons (Fsp3) is 0.476. The number of nitriles is 1. The molecule has 1 amide bonds. The maximum atomic E-state index is 12.6. The van der Waals surface area contributed by atoms with Crippen LogP contribution in [0.2, 0.25) is 0 Å². The monoisotopic (exact) mass is 424 g/mol. The number of hydrogen-bond acceptors (Lipinski definition) is 9. The summed E-state index contributed by atoms with van der Waals surface area (Å²) in [5.74, 6) is 1.97. The standard InChI is InChI=1S/C21H24N6O4/c1-21(2,3)20-25-16(26-31-20)12-23-17(28)13-6-8-27(9-7-13)19-14(11-22)24-18(30-19)15-5-4-10-29-15/h4-5,10,13H,6-9,12H2,1-3H3,(H,23,28). The van der Waals surface area contributed by atoms with Crippen molar-refractivity contribution in [2.75, 3.05) is 18.0 Å². The molecule has 10 nitrogen and oxygen atoms in total. The van der Waals surface area contributed by atoms with Crippen molar-refractivity contribution >= 4 is 11.8 Å². The van der Waals surface area contributed by atoms with E-state index in [0.717, 1.165) is 0 Å². The Morgan fingerprint density at radius 1 is 1.32 bits per heavy atom. The predicted octanol–water partition coefficient (Wildman–Crippen LogP) is 3.02. The number of piperidine rings is 1. The van der Waals surface area contributed by atoms with Crippen LogP contribution in [0.3, 0.4) is 0 Å². The molecule has 0 spiro atoms. The van der Waals surface area contributed by atoms with Gasteiger partial charge in [0.25, 0.3) is 5.89 Å². The average molecular weight is 424 g/mol. The molecule has 1 aliphatic rings. The zero-order chi connectivity index (χ0) is 22.0. The Morgan fingerprint density at radius 3 is 2.71 bits per heavy atom. The quantitative estimate of drug-likeness (QED) is 0.655. The molecule has 3 aromatic rings. The van der Waals surface area contributed by atoms with E-state index in [0.29, 0.717) is 49.3 Å². The van der Waals surface area contributed by atoms with Crippen LogP contribution in [0.1, 0.15) is 51.0 Å². The number of carbonyl (C=O) groups is 1. The lowest BCUT2D eigenvalue weighted by atomic mass is 9.96. The van der Waals surface area contributed by atoms with Gasteiger partial charge in [0.2, 0.25) is 23.4 Å². The minimum atomic E-state index is -0.234. The summed E-state index contributed by atoms with van der Waals surface area (Å²) >= 11 is 0. The van der Waals surface area contributed by atoms with Crippen LogP contribution in [-0.4, -0.2) is 34.1 Å². The largest absolute Gasteiger partial charge is 0.459 e. The van der Waals surface area contributed by atoms with E-state index in [-0.39, 0.29) is 35.4 Å². The summed E-state index contributed by atoms with van der Waals surface area (Å²) in [5, 5.41) is 16.2. The molecule has 10 heteroatoms. The summed E-state index contributed by atoms with van der Waals surface area (Å²) in [5.41, 5.74) is -0.0249.